The summed E-state index contributed by atoms with van der Waals surface area (Å²) < 4.78 is 5.33. The van der Waals surface area contributed by atoms with Crippen molar-refractivity contribution in [2.24, 2.45) is 0 Å². The van der Waals surface area contributed by atoms with Crippen molar-refractivity contribution in [2.45, 2.75) is 6.92 Å². The summed E-state index contributed by atoms with van der Waals surface area (Å²) in [5.74, 6) is 0.0652. The molecule has 0 atom stereocenters. The van der Waals surface area contributed by atoms with Crippen molar-refractivity contribution in [3.63, 3.8) is 0 Å². The molecule has 4 N–H and O–H groups in total. The number of anilines is 1. The highest BCUT2D eigenvalue weighted by Crippen LogP contribution is 2.11. The smallest absolute Gasteiger partial charge is 0.324 e. The van der Waals surface area contributed by atoms with Crippen molar-refractivity contribution in [1.82, 2.24) is 10.6 Å². The summed E-state index contributed by atoms with van der Waals surface area (Å²) in [7, 11) is 0. The minimum absolute atomic E-state index is 0.0492. The Morgan fingerprint density at radius 3 is 2.45 bits per heavy atom. The van der Waals surface area contributed by atoms with Gasteiger partial charge in [0, 0.05) is 5.69 Å². The maximum Gasteiger partial charge on any atom is 0.324 e. The molecule has 0 bridgehead atoms. The number of imide groups is 1. The summed E-state index contributed by atoms with van der Waals surface area (Å²) in [6.07, 6.45) is 0. The van der Waals surface area contributed by atoms with Gasteiger partial charge in [-0.25, -0.2) is 4.79 Å². The molecule has 0 radical (unpaired) electrons. The predicted molar refractivity (Wildman–Crippen MR) is 83.5 cm³/mol. The zero-order valence-corrected chi connectivity index (χ0v) is 12.1. The van der Waals surface area contributed by atoms with Crippen molar-refractivity contribution >= 4 is 17.6 Å². The topological polar surface area (TPSA) is 93.5 Å². The molecule has 0 saturated heterocycles. The lowest BCUT2D eigenvalue weighted by atomic mass is 10.2. The van der Waals surface area contributed by atoms with E-state index in [4.69, 9.17) is 10.5 Å². The number of benzene rings is 2. The van der Waals surface area contributed by atoms with Crippen molar-refractivity contribution < 1.29 is 14.3 Å². The average Bonchev–Trinajstić information content (AvgIpc) is 2.49. The van der Waals surface area contributed by atoms with Gasteiger partial charge in [0.05, 0.1) is 5.56 Å². The Morgan fingerprint density at radius 1 is 1.09 bits per heavy atom. The van der Waals surface area contributed by atoms with Crippen LogP contribution >= 0.6 is 0 Å². The van der Waals surface area contributed by atoms with Crippen LogP contribution in [0.1, 0.15) is 15.9 Å². The van der Waals surface area contributed by atoms with Gasteiger partial charge in [-0.1, -0.05) is 29.8 Å². The van der Waals surface area contributed by atoms with Gasteiger partial charge in [-0.3, -0.25) is 10.1 Å². The van der Waals surface area contributed by atoms with E-state index in [0.29, 0.717) is 11.4 Å². The molecule has 0 aliphatic heterocycles. The van der Waals surface area contributed by atoms with Gasteiger partial charge >= 0.3 is 6.03 Å². The van der Waals surface area contributed by atoms with Gasteiger partial charge in [0.25, 0.3) is 5.91 Å². The summed E-state index contributed by atoms with van der Waals surface area (Å²) in [6, 6.07) is 13.3. The van der Waals surface area contributed by atoms with Gasteiger partial charge < -0.3 is 15.8 Å². The second-order valence-electron chi connectivity index (χ2n) is 4.65. The molecule has 6 heteroatoms. The molecule has 22 heavy (non-hydrogen) atoms. The maximum atomic E-state index is 11.9. The summed E-state index contributed by atoms with van der Waals surface area (Å²) in [5.41, 5.74) is 7.34. The fraction of sp³-hybridized carbons (Fsp3) is 0.125. The largest absolute Gasteiger partial charge is 0.473 e. The van der Waals surface area contributed by atoms with Gasteiger partial charge in [0.2, 0.25) is 0 Å². The molecule has 0 heterocycles. The average molecular weight is 299 g/mol. The third-order valence-electron chi connectivity index (χ3n) is 2.93. The standard InChI is InChI=1S/C16H17N3O3/c1-11-6-8-12(9-7-11)22-10-18-16(21)19-15(20)13-4-2-3-5-14(13)17/h2-9H,10,17H2,1H3,(H2,18,19,20,21). The second kappa shape index (κ2) is 7.12. The van der Waals surface area contributed by atoms with E-state index in [1.54, 1.807) is 36.4 Å². The quantitative estimate of drug-likeness (QED) is 0.595. The Hall–Kier alpha value is -3.02. The number of hydrogen-bond acceptors (Lipinski definition) is 4. The molecule has 0 saturated carbocycles. The Morgan fingerprint density at radius 2 is 1.77 bits per heavy atom. The van der Waals surface area contributed by atoms with Crippen molar-refractivity contribution in [1.29, 1.82) is 0 Å². The highest BCUT2D eigenvalue weighted by atomic mass is 16.5. The molecule has 114 valence electrons. The first-order valence-corrected chi connectivity index (χ1v) is 6.69. The van der Waals surface area contributed by atoms with Crippen LogP contribution in [0.5, 0.6) is 5.75 Å². The molecule has 2 aromatic carbocycles. The van der Waals surface area contributed by atoms with Crippen LogP contribution in [0.25, 0.3) is 0 Å². The molecule has 2 aromatic rings. The van der Waals surface area contributed by atoms with E-state index in [1.165, 1.54) is 0 Å². The Labute approximate surface area is 128 Å². The second-order valence-corrected chi connectivity index (χ2v) is 4.65. The fourth-order valence-corrected chi connectivity index (χ4v) is 1.74. The third-order valence-corrected chi connectivity index (χ3v) is 2.93. The number of urea groups is 1. The number of aryl methyl sites for hydroxylation is 1. The van der Waals surface area contributed by atoms with E-state index < -0.39 is 11.9 Å². The molecular weight excluding hydrogens is 282 g/mol. The molecule has 0 aliphatic carbocycles. The third kappa shape index (κ3) is 4.24. The number of nitrogens with one attached hydrogen (secondary N) is 2. The van der Waals surface area contributed by atoms with Gasteiger partial charge in [0.15, 0.2) is 6.73 Å². The van der Waals surface area contributed by atoms with Crippen molar-refractivity contribution in [3.05, 3.63) is 59.7 Å². The van der Waals surface area contributed by atoms with Crippen LogP contribution in [0, 0.1) is 6.92 Å². The lowest BCUT2D eigenvalue weighted by Crippen LogP contribution is -2.41. The molecular formula is C16H17N3O3. The molecule has 0 spiro atoms. The molecule has 0 fully saturated rings. The van der Waals surface area contributed by atoms with Gasteiger partial charge in [-0.2, -0.15) is 0 Å². The first-order chi connectivity index (χ1) is 10.6. The number of carbonyl (C=O) groups is 2. The van der Waals surface area contributed by atoms with E-state index in [0.717, 1.165) is 5.56 Å². The summed E-state index contributed by atoms with van der Waals surface area (Å²) in [5, 5.41) is 4.62. The lowest BCUT2D eigenvalue weighted by molar-refractivity contribution is 0.0963. The first kappa shape index (κ1) is 15.4. The van der Waals surface area contributed by atoms with Crippen LogP contribution in [0.4, 0.5) is 10.5 Å². The normalized spacial score (nSPS) is 9.86. The number of hydrogen-bond donors (Lipinski definition) is 3. The highest BCUT2D eigenvalue weighted by molar-refractivity contribution is 6.07. The minimum atomic E-state index is -0.652. The molecule has 3 amide bonds. The van der Waals surface area contributed by atoms with Gasteiger partial charge in [0.1, 0.15) is 5.75 Å². The van der Waals surface area contributed by atoms with E-state index >= 15 is 0 Å². The van der Waals surface area contributed by atoms with E-state index in [2.05, 4.69) is 10.6 Å². The van der Waals surface area contributed by atoms with E-state index in [1.807, 2.05) is 19.1 Å². The van der Waals surface area contributed by atoms with Crippen LogP contribution in [-0.2, 0) is 0 Å². The zero-order valence-electron chi connectivity index (χ0n) is 12.1. The molecule has 6 nitrogen and oxygen atoms in total. The number of para-hydroxylation sites is 1. The first-order valence-electron chi connectivity index (χ1n) is 6.69. The summed E-state index contributed by atoms with van der Waals surface area (Å²) >= 11 is 0. The van der Waals surface area contributed by atoms with Crippen molar-refractivity contribution in [2.75, 3.05) is 12.5 Å². The highest BCUT2D eigenvalue weighted by Gasteiger charge is 2.12. The zero-order chi connectivity index (χ0) is 15.9. The van der Waals surface area contributed by atoms with E-state index in [-0.39, 0.29) is 12.3 Å². The van der Waals surface area contributed by atoms with E-state index in [9.17, 15) is 9.59 Å². The SMILES string of the molecule is Cc1ccc(OCNC(=O)NC(=O)c2ccccc2N)cc1. The van der Waals surface area contributed by atoms with Crippen LogP contribution in [0.3, 0.4) is 0 Å². The molecule has 0 aliphatic rings. The number of nitrogen functional groups attached to an aromatic ring is 1. The Kier molecular flexibility index (Phi) is 4.98. The number of carbonyl (C=O) groups excluding carboxylic acids is 2. The summed E-state index contributed by atoms with van der Waals surface area (Å²) in [6.45, 7) is 1.92. The molecule has 0 unspecified atom stereocenters. The predicted octanol–water partition coefficient (Wildman–Crippen LogP) is 2.05. The Bertz CT molecular complexity index is 669. The van der Waals surface area contributed by atoms with Crippen LogP contribution in [-0.4, -0.2) is 18.7 Å². The lowest BCUT2D eigenvalue weighted by Gasteiger charge is -2.09. The van der Waals surface area contributed by atoms with Gasteiger partial charge in [-0.05, 0) is 31.2 Å². The Balaban J connectivity index is 1.79. The summed E-state index contributed by atoms with van der Waals surface area (Å²) in [4.78, 5) is 23.5. The molecule has 2 rings (SSSR count). The number of amides is 3. The number of rotatable bonds is 4. The van der Waals surface area contributed by atoms with Crippen molar-refractivity contribution in [3.8, 4) is 5.75 Å². The minimum Gasteiger partial charge on any atom is -0.473 e. The maximum absolute atomic E-state index is 11.9. The van der Waals surface area contributed by atoms with Gasteiger partial charge in [-0.15, -0.1) is 0 Å². The van der Waals surface area contributed by atoms with Crippen LogP contribution in [0.15, 0.2) is 48.5 Å². The molecule has 0 aromatic heterocycles. The number of nitrogens with two attached hydrogens (primary N) is 1. The monoisotopic (exact) mass is 299 g/mol. The van der Waals surface area contributed by atoms with Crippen LogP contribution < -0.4 is 21.1 Å². The number of ether oxygens (including phenoxy) is 1. The fourth-order valence-electron chi connectivity index (χ4n) is 1.74. The van der Waals surface area contributed by atoms with Crippen LogP contribution in [0.2, 0.25) is 0 Å².